The van der Waals surface area contributed by atoms with Crippen molar-refractivity contribution in [3.8, 4) is 11.3 Å². The highest BCUT2D eigenvalue weighted by Crippen LogP contribution is 2.31. The fourth-order valence-electron chi connectivity index (χ4n) is 2.26. The molecule has 0 aliphatic heterocycles. The first-order valence-electron chi connectivity index (χ1n) is 7.36. The van der Waals surface area contributed by atoms with Crippen molar-refractivity contribution in [2.75, 3.05) is 0 Å². The quantitative estimate of drug-likeness (QED) is 0.266. The molecule has 0 unspecified atom stereocenters. The van der Waals surface area contributed by atoms with Crippen molar-refractivity contribution in [1.82, 2.24) is 0 Å². The summed E-state index contributed by atoms with van der Waals surface area (Å²) in [6.45, 7) is 0. The van der Waals surface area contributed by atoms with Gasteiger partial charge in [-0.25, -0.2) is 0 Å². The fourth-order valence-corrected chi connectivity index (χ4v) is 2.45. The van der Waals surface area contributed by atoms with Crippen molar-refractivity contribution < 1.29 is 14.1 Å². The average Bonchev–Trinajstić information content (AvgIpc) is 3.09. The lowest BCUT2D eigenvalue weighted by Crippen LogP contribution is -1.92. The molecule has 124 valence electrons. The first kappa shape index (κ1) is 16.7. The van der Waals surface area contributed by atoms with Crippen LogP contribution in [0.25, 0.3) is 17.4 Å². The normalized spacial score (nSPS) is 10.9. The third kappa shape index (κ3) is 3.84. The summed E-state index contributed by atoms with van der Waals surface area (Å²) in [6.07, 6.45) is 2.98. The van der Waals surface area contributed by atoms with E-state index in [0.717, 1.165) is 0 Å². The Bertz CT molecular complexity index is 961. The van der Waals surface area contributed by atoms with Crippen molar-refractivity contribution in [1.29, 1.82) is 0 Å². The molecule has 0 radical (unpaired) electrons. The lowest BCUT2D eigenvalue weighted by atomic mass is 10.1. The largest absolute Gasteiger partial charge is 0.457 e. The number of carbonyl (C=O) groups is 1. The second kappa shape index (κ2) is 7.15. The molecule has 5 nitrogen and oxygen atoms in total. The van der Waals surface area contributed by atoms with Gasteiger partial charge in [-0.2, -0.15) is 0 Å². The van der Waals surface area contributed by atoms with Crippen LogP contribution in [0.2, 0.25) is 5.02 Å². The van der Waals surface area contributed by atoms with E-state index >= 15 is 0 Å². The van der Waals surface area contributed by atoms with Crippen molar-refractivity contribution in [2.45, 2.75) is 0 Å². The van der Waals surface area contributed by atoms with Crippen LogP contribution >= 0.6 is 11.6 Å². The van der Waals surface area contributed by atoms with Crippen LogP contribution < -0.4 is 0 Å². The SMILES string of the molecule is O=C(/C=C/c1ccc(-c2ccc(Cl)c([N+](=O)[O-])c2)o1)c1ccccc1. The summed E-state index contributed by atoms with van der Waals surface area (Å²) in [5.41, 5.74) is 0.927. The number of nitro benzene ring substituents is 1. The van der Waals surface area contributed by atoms with Gasteiger partial charge in [-0.05, 0) is 36.4 Å². The maximum atomic E-state index is 12.0. The molecule has 0 bridgehead atoms. The van der Waals surface area contributed by atoms with Gasteiger partial charge < -0.3 is 4.42 Å². The first-order chi connectivity index (χ1) is 12.0. The molecule has 25 heavy (non-hydrogen) atoms. The minimum atomic E-state index is -0.548. The van der Waals surface area contributed by atoms with Gasteiger partial charge in [0.1, 0.15) is 16.5 Å². The number of ketones is 1. The molecule has 1 heterocycles. The van der Waals surface area contributed by atoms with E-state index in [9.17, 15) is 14.9 Å². The van der Waals surface area contributed by atoms with Crippen LogP contribution in [0.3, 0.4) is 0 Å². The summed E-state index contributed by atoms with van der Waals surface area (Å²) in [5.74, 6) is 0.782. The monoisotopic (exact) mass is 353 g/mol. The minimum Gasteiger partial charge on any atom is -0.457 e. The van der Waals surface area contributed by atoms with Crippen LogP contribution in [0.1, 0.15) is 16.1 Å². The van der Waals surface area contributed by atoms with Crippen LogP contribution in [-0.4, -0.2) is 10.7 Å². The molecular formula is C19H12ClNO4. The molecule has 2 aromatic carbocycles. The Balaban J connectivity index is 1.81. The Hall–Kier alpha value is -3.18. The number of halogens is 1. The Morgan fingerprint density at radius 1 is 1.08 bits per heavy atom. The van der Waals surface area contributed by atoms with Crippen LogP contribution in [0.4, 0.5) is 5.69 Å². The first-order valence-corrected chi connectivity index (χ1v) is 7.74. The van der Waals surface area contributed by atoms with E-state index in [-0.39, 0.29) is 16.5 Å². The van der Waals surface area contributed by atoms with E-state index in [0.29, 0.717) is 22.6 Å². The summed E-state index contributed by atoms with van der Waals surface area (Å²) in [7, 11) is 0. The van der Waals surface area contributed by atoms with Gasteiger partial charge in [-0.1, -0.05) is 41.9 Å². The van der Waals surface area contributed by atoms with Crippen molar-refractivity contribution in [3.05, 3.63) is 93.2 Å². The maximum absolute atomic E-state index is 12.0. The van der Waals surface area contributed by atoms with Crippen molar-refractivity contribution in [2.24, 2.45) is 0 Å². The summed E-state index contributed by atoms with van der Waals surface area (Å²) in [5, 5.41) is 11.0. The lowest BCUT2D eigenvalue weighted by molar-refractivity contribution is -0.384. The van der Waals surface area contributed by atoms with Crippen LogP contribution in [0.15, 0.2) is 71.2 Å². The Morgan fingerprint density at radius 2 is 1.84 bits per heavy atom. The molecule has 3 rings (SSSR count). The smallest absolute Gasteiger partial charge is 0.288 e. The lowest BCUT2D eigenvalue weighted by Gasteiger charge is -1.99. The molecule has 0 N–H and O–H groups in total. The molecule has 0 saturated carbocycles. The van der Waals surface area contributed by atoms with Crippen LogP contribution in [0.5, 0.6) is 0 Å². The highest BCUT2D eigenvalue weighted by Gasteiger charge is 2.15. The molecule has 3 aromatic rings. The standard InChI is InChI=1S/C19H12ClNO4/c20-16-9-6-14(12-17(16)21(23)24)19-11-8-15(25-19)7-10-18(22)13-4-2-1-3-5-13/h1-12H/b10-7+. The minimum absolute atomic E-state index is 0.0638. The summed E-state index contributed by atoms with van der Waals surface area (Å²) >= 11 is 5.81. The van der Waals surface area contributed by atoms with E-state index in [1.807, 2.05) is 6.07 Å². The predicted octanol–water partition coefficient (Wildman–Crippen LogP) is 5.40. The molecule has 0 aliphatic rings. The molecule has 0 amide bonds. The second-order valence-electron chi connectivity index (χ2n) is 5.19. The van der Waals surface area contributed by atoms with Gasteiger partial charge in [0, 0.05) is 17.2 Å². The van der Waals surface area contributed by atoms with E-state index in [1.165, 1.54) is 18.2 Å². The molecule has 1 aromatic heterocycles. The molecule has 0 saturated heterocycles. The number of carbonyl (C=O) groups excluding carboxylic acids is 1. The number of furan rings is 1. The van der Waals surface area contributed by atoms with Gasteiger partial charge in [0.25, 0.3) is 5.69 Å². The van der Waals surface area contributed by atoms with E-state index in [2.05, 4.69) is 0 Å². The van der Waals surface area contributed by atoms with Gasteiger partial charge in [0.05, 0.1) is 4.92 Å². The molecule has 6 heteroatoms. The summed E-state index contributed by atoms with van der Waals surface area (Å²) in [4.78, 5) is 22.5. The Labute approximate surface area is 148 Å². The third-order valence-corrected chi connectivity index (χ3v) is 3.83. The number of hydrogen-bond donors (Lipinski definition) is 0. The zero-order valence-corrected chi connectivity index (χ0v) is 13.6. The van der Waals surface area contributed by atoms with Crippen molar-refractivity contribution >= 4 is 29.1 Å². The van der Waals surface area contributed by atoms with Gasteiger partial charge >= 0.3 is 0 Å². The third-order valence-electron chi connectivity index (χ3n) is 3.51. The number of rotatable bonds is 5. The van der Waals surface area contributed by atoms with E-state index < -0.39 is 4.92 Å². The molecule has 0 fully saturated rings. The topological polar surface area (TPSA) is 73.3 Å². The number of nitro groups is 1. The molecule has 0 atom stereocenters. The summed E-state index contributed by atoms with van der Waals surface area (Å²) < 4.78 is 5.63. The highest BCUT2D eigenvalue weighted by molar-refractivity contribution is 6.32. The van der Waals surface area contributed by atoms with Crippen LogP contribution in [-0.2, 0) is 0 Å². The Morgan fingerprint density at radius 3 is 2.56 bits per heavy atom. The molecule has 0 spiro atoms. The maximum Gasteiger partial charge on any atom is 0.288 e. The highest BCUT2D eigenvalue weighted by atomic mass is 35.5. The zero-order valence-electron chi connectivity index (χ0n) is 12.9. The Kier molecular flexibility index (Phi) is 4.77. The zero-order chi connectivity index (χ0) is 17.8. The number of allylic oxidation sites excluding steroid dienone is 1. The predicted molar refractivity (Wildman–Crippen MR) is 95.6 cm³/mol. The van der Waals surface area contributed by atoms with Crippen molar-refractivity contribution in [3.63, 3.8) is 0 Å². The number of hydrogen-bond acceptors (Lipinski definition) is 4. The molecule has 0 aliphatic carbocycles. The van der Waals surface area contributed by atoms with Crippen LogP contribution in [0, 0.1) is 10.1 Å². The van der Waals surface area contributed by atoms with E-state index in [4.69, 9.17) is 16.0 Å². The fraction of sp³-hybridized carbons (Fsp3) is 0. The second-order valence-corrected chi connectivity index (χ2v) is 5.60. The van der Waals surface area contributed by atoms with Gasteiger partial charge in [0.2, 0.25) is 0 Å². The van der Waals surface area contributed by atoms with Gasteiger partial charge in [0.15, 0.2) is 5.78 Å². The summed E-state index contributed by atoms with van der Waals surface area (Å²) in [6, 6.07) is 16.7. The van der Waals surface area contributed by atoms with Gasteiger partial charge in [-0.3, -0.25) is 14.9 Å². The molecular weight excluding hydrogens is 342 g/mol. The number of nitrogens with zero attached hydrogens (tertiary/aromatic N) is 1. The number of benzene rings is 2. The average molecular weight is 354 g/mol. The van der Waals surface area contributed by atoms with Gasteiger partial charge in [-0.15, -0.1) is 0 Å². The van der Waals surface area contributed by atoms with E-state index in [1.54, 1.807) is 48.5 Å².